The van der Waals surface area contributed by atoms with Crippen molar-refractivity contribution in [3.8, 4) is 0 Å². The minimum atomic E-state index is -0.302. The van der Waals surface area contributed by atoms with E-state index in [4.69, 9.17) is 9.72 Å². The first-order chi connectivity index (χ1) is 11.2. The molecule has 0 spiro atoms. The molecule has 1 aliphatic carbocycles. The average molecular weight is 312 g/mol. The number of para-hydroxylation sites is 1. The normalized spacial score (nSPS) is 15.0. The number of pyridine rings is 1. The zero-order valence-electron chi connectivity index (χ0n) is 13.9. The molecule has 3 rings (SSSR count). The molecule has 1 heterocycles. The molecule has 1 N–H and O–H groups in total. The van der Waals surface area contributed by atoms with Crippen LogP contribution in [0, 0.1) is 0 Å². The van der Waals surface area contributed by atoms with E-state index in [-0.39, 0.29) is 5.97 Å². The van der Waals surface area contributed by atoms with Gasteiger partial charge in [0.15, 0.2) is 0 Å². The van der Waals surface area contributed by atoms with E-state index < -0.39 is 0 Å². The average Bonchev–Trinajstić information content (AvgIpc) is 3.07. The summed E-state index contributed by atoms with van der Waals surface area (Å²) in [5.41, 5.74) is 2.72. The number of benzene rings is 1. The number of ether oxygens (including phenoxy) is 1. The van der Waals surface area contributed by atoms with Crippen LogP contribution in [0.3, 0.4) is 0 Å². The van der Waals surface area contributed by atoms with E-state index in [9.17, 15) is 4.79 Å². The van der Waals surface area contributed by atoms with Gasteiger partial charge in [-0.2, -0.15) is 0 Å². The van der Waals surface area contributed by atoms with Crippen LogP contribution in [0.2, 0.25) is 0 Å². The third-order valence-corrected chi connectivity index (χ3v) is 4.50. The van der Waals surface area contributed by atoms with Crippen LogP contribution in [-0.4, -0.2) is 23.6 Å². The molecule has 0 saturated heterocycles. The van der Waals surface area contributed by atoms with Gasteiger partial charge in [-0.15, -0.1) is 0 Å². The Balaban J connectivity index is 2.07. The number of aromatic nitrogens is 1. The van der Waals surface area contributed by atoms with Crippen LogP contribution in [0.4, 0.5) is 5.82 Å². The van der Waals surface area contributed by atoms with Gasteiger partial charge < -0.3 is 10.1 Å². The van der Waals surface area contributed by atoms with Crippen molar-refractivity contribution in [2.45, 2.75) is 52.0 Å². The molecule has 122 valence electrons. The molecular weight excluding hydrogens is 288 g/mol. The Hall–Kier alpha value is -2.10. The maximum atomic E-state index is 12.3. The summed E-state index contributed by atoms with van der Waals surface area (Å²) in [6.45, 7) is 4.32. The second-order valence-electron chi connectivity index (χ2n) is 6.07. The predicted octanol–water partition coefficient (Wildman–Crippen LogP) is 4.33. The van der Waals surface area contributed by atoms with Crippen LogP contribution >= 0.6 is 0 Å². The second kappa shape index (κ2) is 6.99. The molecule has 4 nitrogen and oxygen atoms in total. The number of hydrogen-bond donors (Lipinski definition) is 1. The molecule has 4 heteroatoms. The maximum Gasteiger partial charge on any atom is 0.341 e. The van der Waals surface area contributed by atoms with Crippen molar-refractivity contribution in [2.24, 2.45) is 0 Å². The Morgan fingerprint density at radius 3 is 2.78 bits per heavy atom. The standard InChI is InChI=1S/C19H24N2O2/c1-3-13-8-7-9-14-12-16(19(22)23-4-2)18(21-17(13)14)20-15-10-5-6-11-15/h7-9,12,15H,3-6,10-11H2,1-2H3,(H,20,21). The fraction of sp³-hybridized carbons (Fsp3) is 0.474. The summed E-state index contributed by atoms with van der Waals surface area (Å²) < 4.78 is 5.22. The largest absolute Gasteiger partial charge is 0.462 e. The molecule has 0 radical (unpaired) electrons. The van der Waals surface area contributed by atoms with Crippen molar-refractivity contribution in [1.29, 1.82) is 0 Å². The molecule has 23 heavy (non-hydrogen) atoms. The van der Waals surface area contributed by atoms with Crippen molar-refractivity contribution in [1.82, 2.24) is 4.98 Å². The van der Waals surface area contributed by atoms with Gasteiger partial charge in [-0.25, -0.2) is 9.78 Å². The lowest BCUT2D eigenvalue weighted by Gasteiger charge is -2.17. The molecule has 0 unspecified atom stereocenters. The number of carbonyl (C=O) groups excluding carboxylic acids is 1. The summed E-state index contributed by atoms with van der Waals surface area (Å²) in [4.78, 5) is 17.1. The predicted molar refractivity (Wildman–Crippen MR) is 93.0 cm³/mol. The Labute approximate surface area is 137 Å². The molecule has 0 bridgehead atoms. The van der Waals surface area contributed by atoms with E-state index in [1.165, 1.54) is 18.4 Å². The Morgan fingerprint density at radius 2 is 2.09 bits per heavy atom. The van der Waals surface area contributed by atoms with Crippen LogP contribution in [0.5, 0.6) is 0 Å². The summed E-state index contributed by atoms with van der Waals surface area (Å²) >= 11 is 0. The van der Waals surface area contributed by atoms with Gasteiger partial charge in [0.2, 0.25) is 0 Å². The lowest BCUT2D eigenvalue weighted by atomic mass is 10.1. The van der Waals surface area contributed by atoms with Crippen molar-refractivity contribution >= 4 is 22.7 Å². The molecule has 0 atom stereocenters. The zero-order valence-corrected chi connectivity index (χ0v) is 13.9. The molecule has 1 saturated carbocycles. The van der Waals surface area contributed by atoms with Crippen LogP contribution in [0.25, 0.3) is 10.9 Å². The summed E-state index contributed by atoms with van der Waals surface area (Å²) in [6, 6.07) is 8.43. The highest BCUT2D eigenvalue weighted by Gasteiger charge is 2.21. The Kier molecular flexibility index (Phi) is 4.79. The molecule has 0 aliphatic heterocycles. The molecule has 0 amide bonds. The maximum absolute atomic E-state index is 12.3. The highest BCUT2D eigenvalue weighted by atomic mass is 16.5. The zero-order chi connectivity index (χ0) is 16.2. The second-order valence-corrected chi connectivity index (χ2v) is 6.07. The lowest BCUT2D eigenvalue weighted by Crippen LogP contribution is -2.19. The highest BCUT2D eigenvalue weighted by molar-refractivity contribution is 5.99. The molecule has 1 aromatic heterocycles. The molecule has 1 fully saturated rings. The van der Waals surface area contributed by atoms with Crippen molar-refractivity contribution in [3.63, 3.8) is 0 Å². The van der Waals surface area contributed by atoms with Crippen LogP contribution in [0.1, 0.15) is 55.5 Å². The Bertz CT molecular complexity index is 706. The van der Waals surface area contributed by atoms with E-state index in [0.717, 1.165) is 30.2 Å². The van der Waals surface area contributed by atoms with Gasteiger partial charge >= 0.3 is 5.97 Å². The fourth-order valence-corrected chi connectivity index (χ4v) is 3.28. The van der Waals surface area contributed by atoms with Crippen LogP contribution in [0.15, 0.2) is 24.3 Å². The summed E-state index contributed by atoms with van der Waals surface area (Å²) in [6.07, 6.45) is 5.67. The third kappa shape index (κ3) is 3.31. The first-order valence-corrected chi connectivity index (χ1v) is 8.59. The number of rotatable bonds is 5. The van der Waals surface area contributed by atoms with Gasteiger partial charge in [0.1, 0.15) is 11.4 Å². The molecule has 2 aromatic rings. The first-order valence-electron chi connectivity index (χ1n) is 8.59. The van der Waals surface area contributed by atoms with Crippen LogP contribution in [-0.2, 0) is 11.2 Å². The number of carbonyl (C=O) groups is 1. The minimum absolute atomic E-state index is 0.302. The number of nitrogens with one attached hydrogen (secondary N) is 1. The van der Waals surface area contributed by atoms with Gasteiger partial charge in [-0.1, -0.05) is 38.0 Å². The number of hydrogen-bond acceptors (Lipinski definition) is 4. The monoisotopic (exact) mass is 312 g/mol. The smallest absolute Gasteiger partial charge is 0.341 e. The highest BCUT2D eigenvalue weighted by Crippen LogP contribution is 2.28. The van der Waals surface area contributed by atoms with Gasteiger partial charge in [-0.05, 0) is 37.8 Å². The van der Waals surface area contributed by atoms with Gasteiger partial charge in [0, 0.05) is 11.4 Å². The van der Waals surface area contributed by atoms with E-state index in [1.807, 2.05) is 25.1 Å². The lowest BCUT2D eigenvalue weighted by molar-refractivity contribution is 0.0527. The van der Waals surface area contributed by atoms with E-state index in [1.54, 1.807) is 0 Å². The fourth-order valence-electron chi connectivity index (χ4n) is 3.28. The van der Waals surface area contributed by atoms with Gasteiger partial charge in [-0.3, -0.25) is 0 Å². The molecule has 1 aromatic carbocycles. The summed E-state index contributed by atoms with van der Waals surface area (Å²) in [5, 5.41) is 4.47. The quantitative estimate of drug-likeness (QED) is 0.835. The van der Waals surface area contributed by atoms with Crippen molar-refractivity contribution < 1.29 is 9.53 Å². The number of nitrogens with zero attached hydrogens (tertiary/aromatic N) is 1. The van der Waals surface area contributed by atoms with Crippen LogP contribution < -0.4 is 5.32 Å². The number of esters is 1. The van der Waals surface area contributed by atoms with Gasteiger partial charge in [0.05, 0.1) is 12.1 Å². The minimum Gasteiger partial charge on any atom is -0.462 e. The topological polar surface area (TPSA) is 51.2 Å². The number of fused-ring (bicyclic) bond motifs is 1. The van der Waals surface area contributed by atoms with E-state index in [2.05, 4.69) is 18.3 Å². The molecular formula is C19H24N2O2. The molecule has 1 aliphatic rings. The third-order valence-electron chi connectivity index (χ3n) is 4.50. The number of aryl methyl sites for hydroxylation is 1. The van der Waals surface area contributed by atoms with Gasteiger partial charge in [0.25, 0.3) is 0 Å². The summed E-state index contributed by atoms with van der Waals surface area (Å²) in [5.74, 6) is 0.369. The van der Waals surface area contributed by atoms with Crippen molar-refractivity contribution in [2.75, 3.05) is 11.9 Å². The van der Waals surface area contributed by atoms with E-state index >= 15 is 0 Å². The Morgan fingerprint density at radius 1 is 1.30 bits per heavy atom. The van der Waals surface area contributed by atoms with E-state index in [0.29, 0.717) is 24.0 Å². The summed E-state index contributed by atoms with van der Waals surface area (Å²) in [7, 11) is 0. The first kappa shape index (κ1) is 15.8. The number of anilines is 1. The van der Waals surface area contributed by atoms with Crippen molar-refractivity contribution in [3.05, 3.63) is 35.4 Å². The SMILES string of the molecule is CCOC(=O)c1cc2cccc(CC)c2nc1NC1CCCC1.